The van der Waals surface area contributed by atoms with Crippen LogP contribution in [0, 0.1) is 6.92 Å². The van der Waals surface area contributed by atoms with Crippen LogP contribution in [0.4, 0.5) is 0 Å². The fourth-order valence-corrected chi connectivity index (χ4v) is 5.05. The number of rotatable bonds is 6. The van der Waals surface area contributed by atoms with Crippen LogP contribution in [0.15, 0.2) is 34.7 Å². The Labute approximate surface area is 187 Å². The molecule has 1 atom stereocenters. The lowest BCUT2D eigenvalue weighted by molar-refractivity contribution is 0.100. The Balaban J connectivity index is 1.70. The Morgan fingerprint density at radius 2 is 2.16 bits per heavy atom. The van der Waals surface area contributed by atoms with Gasteiger partial charge in [-0.1, -0.05) is 11.3 Å². The number of hydrogen-bond donors (Lipinski definition) is 2. The van der Waals surface area contributed by atoms with Gasteiger partial charge in [0.2, 0.25) is 11.7 Å². The molecule has 1 aromatic carbocycles. The van der Waals surface area contributed by atoms with Crippen LogP contribution in [0.3, 0.4) is 0 Å². The van der Waals surface area contributed by atoms with Gasteiger partial charge in [0.25, 0.3) is 0 Å². The van der Waals surface area contributed by atoms with Gasteiger partial charge in [-0.25, -0.2) is 4.98 Å². The van der Waals surface area contributed by atoms with Crippen LogP contribution in [0.2, 0.25) is 0 Å². The van der Waals surface area contributed by atoms with Crippen LogP contribution in [0.25, 0.3) is 15.3 Å². The largest absolute Gasteiger partial charge is 0.503 e. The quantitative estimate of drug-likeness (QED) is 0.412. The zero-order valence-electron chi connectivity index (χ0n) is 17.6. The van der Waals surface area contributed by atoms with Crippen LogP contribution in [-0.4, -0.2) is 45.4 Å². The number of ketones is 1. The monoisotopic (exact) mass is 454 g/mol. The van der Waals surface area contributed by atoms with Gasteiger partial charge in [0.05, 0.1) is 29.0 Å². The van der Waals surface area contributed by atoms with Crippen molar-refractivity contribution >= 4 is 27.3 Å². The topological polar surface area (TPSA) is 107 Å². The van der Waals surface area contributed by atoms with Crippen LogP contribution >= 0.6 is 11.3 Å². The summed E-state index contributed by atoms with van der Waals surface area (Å²) in [6.07, 6.45) is 0.653. The smallest absolute Gasteiger partial charge is 0.242 e. The second kappa shape index (κ2) is 7.99. The molecule has 0 radical (unpaired) electrons. The molecule has 1 aliphatic rings. The molecule has 1 saturated heterocycles. The van der Waals surface area contributed by atoms with Gasteiger partial charge in [-0.3, -0.25) is 9.36 Å². The minimum Gasteiger partial charge on any atom is -0.503 e. The number of thiazole rings is 1. The van der Waals surface area contributed by atoms with E-state index in [1.54, 1.807) is 19.1 Å². The Morgan fingerprint density at radius 1 is 1.31 bits per heavy atom. The van der Waals surface area contributed by atoms with E-state index in [1.165, 1.54) is 15.9 Å². The van der Waals surface area contributed by atoms with Crippen LogP contribution in [0.5, 0.6) is 17.4 Å². The number of fused-ring (bicyclic) bond motifs is 1. The lowest BCUT2D eigenvalue weighted by Gasteiger charge is -2.13. The van der Waals surface area contributed by atoms with Crippen molar-refractivity contribution in [3.05, 3.63) is 53.1 Å². The summed E-state index contributed by atoms with van der Waals surface area (Å²) in [5, 5.41) is 22.2. The number of furan rings is 1. The predicted octanol–water partition coefficient (Wildman–Crippen LogP) is 4.53. The lowest BCUT2D eigenvalue weighted by Crippen LogP contribution is -2.12. The number of aromatic nitrogens is 2. The number of carbonyl (C=O) groups is 1. The summed E-state index contributed by atoms with van der Waals surface area (Å²) in [5.74, 6) is -0.195. The fourth-order valence-electron chi connectivity index (χ4n) is 4.04. The van der Waals surface area contributed by atoms with E-state index in [2.05, 4.69) is 4.98 Å². The van der Waals surface area contributed by atoms with E-state index in [1.807, 2.05) is 25.1 Å². The van der Waals surface area contributed by atoms with Crippen molar-refractivity contribution < 1.29 is 28.9 Å². The van der Waals surface area contributed by atoms with E-state index in [-0.39, 0.29) is 17.2 Å². The van der Waals surface area contributed by atoms with E-state index in [0.717, 1.165) is 16.0 Å². The van der Waals surface area contributed by atoms with E-state index < -0.39 is 17.4 Å². The summed E-state index contributed by atoms with van der Waals surface area (Å²) in [5.41, 5.74) is 1.21. The normalized spacial score (nSPS) is 16.1. The highest BCUT2D eigenvalue weighted by atomic mass is 32.1. The van der Waals surface area contributed by atoms with Gasteiger partial charge in [0.1, 0.15) is 11.5 Å². The number of aromatic hydroxyl groups is 2. The molecule has 0 saturated carbocycles. The van der Waals surface area contributed by atoms with E-state index in [9.17, 15) is 15.0 Å². The highest BCUT2D eigenvalue weighted by Crippen LogP contribution is 2.45. The second-order valence-corrected chi connectivity index (χ2v) is 8.64. The van der Waals surface area contributed by atoms with Crippen molar-refractivity contribution in [2.75, 3.05) is 19.8 Å². The van der Waals surface area contributed by atoms with Crippen molar-refractivity contribution in [2.24, 2.45) is 0 Å². The van der Waals surface area contributed by atoms with Crippen molar-refractivity contribution in [3.63, 3.8) is 0 Å². The molecule has 0 aliphatic carbocycles. The molecule has 4 heterocycles. The molecule has 1 unspecified atom stereocenters. The molecule has 8 nitrogen and oxygen atoms in total. The first-order chi connectivity index (χ1) is 15.5. The maximum absolute atomic E-state index is 13.3. The third-order valence-electron chi connectivity index (χ3n) is 5.52. The van der Waals surface area contributed by atoms with E-state index >= 15 is 0 Å². The minimum atomic E-state index is -0.494. The Bertz CT molecular complexity index is 1310. The summed E-state index contributed by atoms with van der Waals surface area (Å²) < 4.78 is 19.0. The minimum absolute atomic E-state index is 0.0154. The molecule has 3 aromatic heterocycles. The van der Waals surface area contributed by atoms with Gasteiger partial charge >= 0.3 is 0 Å². The standard InChI is InChI=1S/C23H22N2O6S/c1-3-30-14-5-6-15-17(10-14)32-23(24-15)25-19(13-8-9-29-11-13)18(21(27)22(25)28)20(26)16-7-4-12(2)31-16/h4-7,10,13,27-28H,3,8-9,11H2,1-2H3. The van der Waals surface area contributed by atoms with Crippen LogP contribution in [-0.2, 0) is 4.74 Å². The number of nitrogens with zero attached hydrogens (tertiary/aromatic N) is 2. The number of benzene rings is 1. The maximum atomic E-state index is 13.3. The summed E-state index contributed by atoms with van der Waals surface area (Å²) in [7, 11) is 0. The molecule has 1 aliphatic heterocycles. The zero-order valence-corrected chi connectivity index (χ0v) is 18.4. The number of aryl methyl sites for hydroxylation is 1. The van der Waals surface area contributed by atoms with Crippen molar-refractivity contribution in [1.29, 1.82) is 0 Å². The van der Waals surface area contributed by atoms with Crippen molar-refractivity contribution in [1.82, 2.24) is 9.55 Å². The maximum Gasteiger partial charge on any atom is 0.242 e. The summed E-state index contributed by atoms with van der Waals surface area (Å²) >= 11 is 1.34. The second-order valence-electron chi connectivity index (χ2n) is 7.63. The van der Waals surface area contributed by atoms with Gasteiger partial charge < -0.3 is 24.1 Å². The third-order valence-corrected chi connectivity index (χ3v) is 6.52. The molecule has 0 spiro atoms. The predicted molar refractivity (Wildman–Crippen MR) is 119 cm³/mol. The van der Waals surface area contributed by atoms with Crippen LogP contribution in [0.1, 0.15) is 46.8 Å². The summed E-state index contributed by atoms with van der Waals surface area (Å²) in [6.45, 7) is 5.11. The first-order valence-electron chi connectivity index (χ1n) is 10.4. The molecule has 0 bridgehead atoms. The number of carbonyl (C=O) groups excluding carboxylic acids is 1. The molecule has 1 fully saturated rings. The summed E-state index contributed by atoms with van der Waals surface area (Å²) in [4.78, 5) is 17.9. The first kappa shape index (κ1) is 20.6. The molecular formula is C23H22N2O6S. The Morgan fingerprint density at radius 3 is 2.84 bits per heavy atom. The van der Waals surface area contributed by atoms with E-state index in [4.69, 9.17) is 13.9 Å². The lowest BCUT2D eigenvalue weighted by atomic mass is 9.97. The van der Waals surface area contributed by atoms with E-state index in [0.29, 0.717) is 42.8 Å². The average Bonchev–Trinajstić information content (AvgIpc) is 3.55. The van der Waals surface area contributed by atoms with Gasteiger partial charge in [-0.2, -0.15) is 0 Å². The average molecular weight is 455 g/mol. The van der Waals surface area contributed by atoms with Gasteiger partial charge in [-0.05, 0) is 50.6 Å². The Kier molecular flexibility index (Phi) is 5.15. The molecular weight excluding hydrogens is 432 g/mol. The number of ether oxygens (including phenoxy) is 2. The van der Waals surface area contributed by atoms with Gasteiger partial charge in [0, 0.05) is 18.2 Å². The molecule has 5 rings (SSSR count). The SMILES string of the molecule is CCOc1ccc2nc(-n3c(O)c(O)c(C(=O)c4ccc(C)o4)c3C3CCOC3)sc2c1. The molecule has 4 aromatic rings. The zero-order chi connectivity index (χ0) is 22.4. The van der Waals surface area contributed by atoms with Gasteiger partial charge in [-0.15, -0.1) is 0 Å². The first-order valence-corrected chi connectivity index (χ1v) is 11.2. The molecule has 166 valence electrons. The molecule has 32 heavy (non-hydrogen) atoms. The summed E-state index contributed by atoms with van der Waals surface area (Å²) in [6, 6.07) is 8.81. The van der Waals surface area contributed by atoms with Crippen molar-refractivity contribution in [3.8, 4) is 22.5 Å². The molecule has 9 heteroatoms. The molecule has 2 N–H and O–H groups in total. The highest BCUT2D eigenvalue weighted by molar-refractivity contribution is 7.20. The number of hydrogen-bond acceptors (Lipinski definition) is 8. The van der Waals surface area contributed by atoms with Gasteiger partial charge in [0.15, 0.2) is 16.6 Å². The third kappa shape index (κ3) is 3.34. The van der Waals surface area contributed by atoms with Crippen molar-refractivity contribution in [2.45, 2.75) is 26.2 Å². The molecule has 0 amide bonds. The van der Waals surface area contributed by atoms with Crippen LogP contribution < -0.4 is 4.74 Å². The highest BCUT2D eigenvalue weighted by Gasteiger charge is 2.36. The Hall–Kier alpha value is -3.30. The fraction of sp³-hybridized carbons (Fsp3) is 0.304.